The molecule has 0 saturated carbocycles. The number of carbonyl (C=O) groups is 1. The molecule has 0 radical (unpaired) electrons. The molecule has 1 aromatic heterocycles. The van der Waals surface area contributed by atoms with E-state index in [2.05, 4.69) is 0 Å². The molecule has 1 fully saturated rings. The summed E-state index contributed by atoms with van der Waals surface area (Å²) in [5.74, 6) is -0.168. The van der Waals surface area contributed by atoms with Crippen LogP contribution in [-0.2, 0) is 14.8 Å². The van der Waals surface area contributed by atoms with Crippen molar-refractivity contribution >= 4 is 37.4 Å². The molecule has 1 atom stereocenters. The molecule has 6 nitrogen and oxygen atoms in total. The fourth-order valence-electron chi connectivity index (χ4n) is 3.07. The van der Waals surface area contributed by atoms with Crippen LogP contribution in [0.5, 0.6) is 0 Å². The van der Waals surface area contributed by atoms with Crippen LogP contribution >= 0.6 is 11.3 Å². The summed E-state index contributed by atoms with van der Waals surface area (Å²) in [6, 6.07) is 6.68. The first-order valence-corrected chi connectivity index (χ1v) is 10.6. The van der Waals surface area contributed by atoms with E-state index < -0.39 is 10.0 Å². The number of thiophene rings is 1. The highest BCUT2D eigenvalue weighted by atomic mass is 32.2. The normalized spacial score (nSPS) is 19.2. The number of sulfonamides is 1. The van der Waals surface area contributed by atoms with Gasteiger partial charge >= 0.3 is 5.97 Å². The van der Waals surface area contributed by atoms with E-state index in [0.717, 1.165) is 22.9 Å². The van der Waals surface area contributed by atoms with Crippen LogP contribution in [0.2, 0.25) is 0 Å². The van der Waals surface area contributed by atoms with E-state index in [-0.39, 0.29) is 16.8 Å². The Morgan fingerprint density at radius 1 is 1.40 bits per heavy atom. The molecule has 0 aliphatic carbocycles. The fourth-order valence-corrected chi connectivity index (χ4v) is 5.60. The average Bonchev–Trinajstić information content (AvgIpc) is 3.05. The summed E-state index contributed by atoms with van der Waals surface area (Å²) >= 11 is 1.30. The largest absolute Gasteiger partial charge is 0.462 e. The molecule has 1 aliphatic rings. The molecule has 2 aromatic rings. The standard InChI is InChI=1S/C17H22N2O4S2/c1-2-23-17(20)16-9-13-8-14(5-6-15(13)24-16)25(21,22)19-7-3-4-12(10-18)11-19/h5-6,8-9,12H,2-4,7,10-11,18H2,1H3. The lowest BCUT2D eigenvalue weighted by Crippen LogP contribution is -2.41. The second kappa shape index (κ2) is 7.41. The van der Waals surface area contributed by atoms with E-state index in [9.17, 15) is 13.2 Å². The molecular formula is C17H22N2O4S2. The Labute approximate surface area is 151 Å². The minimum atomic E-state index is -3.55. The molecule has 136 valence electrons. The minimum absolute atomic E-state index is 0.212. The highest BCUT2D eigenvalue weighted by Gasteiger charge is 2.30. The van der Waals surface area contributed by atoms with Crippen molar-refractivity contribution in [2.45, 2.75) is 24.7 Å². The van der Waals surface area contributed by atoms with Gasteiger partial charge in [-0.15, -0.1) is 11.3 Å². The molecule has 1 unspecified atom stereocenters. The van der Waals surface area contributed by atoms with Gasteiger partial charge in [0, 0.05) is 17.8 Å². The fraction of sp³-hybridized carbons (Fsp3) is 0.471. The third-order valence-electron chi connectivity index (χ3n) is 4.42. The van der Waals surface area contributed by atoms with Crippen LogP contribution < -0.4 is 5.73 Å². The molecule has 0 bridgehead atoms. The van der Waals surface area contributed by atoms with Crippen LogP contribution in [0, 0.1) is 5.92 Å². The van der Waals surface area contributed by atoms with E-state index in [1.807, 2.05) is 0 Å². The van der Waals surface area contributed by atoms with Crippen molar-refractivity contribution in [3.63, 3.8) is 0 Å². The third kappa shape index (κ3) is 3.72. The molecule has 0 amide bonds. The molecule has 3 rings (SSSR count). The summed E-state index contributed by atoms with van der Waals surface area (Å²) < 4.78 is 33.3. The lowest BCUT2D eigenvalue weighted by molar-refractivity contribution is 0.0532. The van der Waals surface area contributed by atoms with Crippen molar-refractivity contribution in [2.24, 2.45) is 11.7 Å². The van der Waals surface area contributed by atoms with Gasteiger partial charge in [-0.3, -0.25) is 0 Å². The average molecular weight is 383 g/mol. The van der Waals surface area contributed by atoms with Gasteiger partial charge in [-0.05, 0) is 61.9 Å². The number of fused-ring (bicyclic) bond motifs is 1. The molecule has 1 aromatic carbocycles. The number of nitrogens with zero attached hydrogens (tertiary/aromatic N) is 1. The van der Waals surface area contributed by atoms with E-state index in [1.165, 1.54) is 15.6 Å². The Morgan fingerprint density at radius 3 is 2.92 bits per heavy atom. The van der Waals surface area contributed by atoms with Gasteiger partial charge in [0.05, 0.1) is 11.5 Å². The summed E-state index contributed by atoms with van der Waals surface area (Å²) in [7, 11) is -3.55. The zero-order valence-corrected chi connectivity index (χ0v) is 15.7. The minimum Gasteiger partial charge on any atom is -0.462 e. The molecule has 25 heavy (non-hydrogen) atoms. The second-order valence-electron chi connectivity index (χ2n) is 6.14. The number of piperidine rings is 1. The van der Waals surface area contributed by atoms with Crippen molar-refractivity contribution in [2.75, 3.05) is 26.2 Å². The summed E-state index contributed by atoms with van der Waals surface area (Å²) in [5.41, 5.74) is 5.71. The zero-order valence-electron chi connectivity index (χ0n) is 14.1. The van der Waals surface area contributed by atoms with Crippen molar-refractivity contribution in [3.05, 3.63) is 29.1 Å². The Balaban J connectivity index is 1.91. The molecular weight excluding hydrogens is 360 g/mol. The van der Waals surface area contributed by atoms with Crippen molar-refractivity contribution in [3.8, 4) is 0 Å². The maximum absolute atomic E-state index is 12.9. The first-order chi connectivity index (χ1) is 12.0. The van der Waals surface area contributed by atoms with Crippen LogP contribution in [0.25, 0.3) is 10.1 Å². The van der Waals surface area contributed by atoms with E-state index in [4.69, 9.17) is 10.5 Å². The van der Waals surface area contributed by atoms with E-state index in [1.54, 1.807) is 31.2 Å². The lowest BCUT2D eigenvalue weighted by atomic mass is 10.0. The maximum atomic E-state index is 12.9. The Kier molecular flexibility index (Phi) is 5.43. The van der Waals surface area contributed by atoms with Gasteiger partial charge in [0.2, 0.25) is 10.0 Å². The van der Waals surface area contributed by atoms with Gasteiger partial charge in [-0.1, -0.05) is 0 Å². The SMILES string of the molecule is CCOC(=O)c1cc2cc(S(=O)(=O)N3CCCC(CN)C3)ccc2s1. The van der Waals surface area contributed by atoms with Gasteiger partial charge < -0.3 is 10.5 Å². The van der Waals surface area contributed by atoms with Crippen LogP contribution in [0.1, 0.15) is 29.4 Å². The summed E-state index contributed by atoms with van der Waals surface area (Å²) in [4.78, 5) is 12.6. The number of rotatable bonds is 5. The summed E-state index contributed by atoms with van der Waals surface area (Å²) in [5, 5.41) is 0.738. The monoisotopic (exact) mass is 382 g/mol. The van der Waals surface area contributed by atoms with Gasteiger partial charge in [-0.25, -0.2) is 13.2 Å². The number of benzene rings is 1. The zero-order chi connectivity index (χ0) is 18.0. The number of carbonyl (C=O) groups excluding carboxylic acids is 1. The Hall–Kier alpha value is -1.48. The van der Waals surface area contributed by atoms with Crippen LogP contribution in [-0.4, -0.2) is 44.9 Å². The first kappa shape index (κ1) is 18.3. The Morgan fingerprint density at radius 2 is 2.20 bits per heavy atom. The summed E-state index contributed by atoms with van der Waals surface area (Å²) in [6.07, 6.45) is 1.80. The molecule has 8 heteroatoms. The number of nitrogens with two attached hydrogens (primary N) is 1. The first-order valence-electron chi connectivity index (χ1n) is 8.36. The number of esters is 1. The van der Waals surface area contributed by atoms with Gasteiger partial charge in [0.1, 0.15) is 4.88 Å². The van der Waals surface area contributed by atoms with Gasteiger partial charge in [0.15, 0.2) is 0 Å². The van der Waals surface area contributed by atoms with Crippen molar-refractivity contribution < 1.29 is 17.9 Å². The van der Waals surface area contributed by atoms with Crippen LogP contribution in [0.4, 0.5) is 0 Å². The molecule has 2 N–H and O–H groups in total. The highest BCUT2D eigenvalue weighted by Crippen LogP contribution is 2.30. The molecule has 0 spiro atoms. The van der Waals surface area contributed by atoms with Crippen molar-refractivity contribution in [1.29, 1.82) is 0 Å². The number of hydrogen-bond acceptors (Lipinski definition) is 6. The van der Waals surface area contributed by atoms with Crippen LogP contribution in [0.15, 0.2) is 29.2 Å². The van der Waals surface area contributed by atoms with E-state index in [0.29, 0.717) is 31.1 Å². The molecule has 2 heterocycles. The number of ether oxygens (including phenoxy) is 1. The predicted octanol–water partition coefficient (Wildman–Crippen LogP) is 2.44. The Bertz CT molecular complexity index is 876. The van der Waals surface area contributed by atoms with Crippen LogP contribution in [0.3, 0.4) is 0 Å². The van der Waals surface area contributed by atoms with Gasteiger partial charge in [0.25, 0.3) is 0 Å². The highest BCUT2D eigenvalue weighted by molar-refractivity contribution is 7.89. The predicted molar refractivity (Wildman–Crippen MR) is 98.3 cm³/mol. The summed E-state index contributed by atoms with van der Waals surface area (Å²) in [6.45, 7) is 3.55. The smallest absolute Gasteiger partial charge is 0.348 e. The molecule has 1 saturated heterocycles. The van der Waals surface area contributed by atoms with Gasteiger partial charge in [-0.2, -0.15) is 4.31 Å². The van der Waals surface area contributed by atoms with E-state index >= 15 is 0 Å². The van der Waals surface area contributed by atoms with Crippen molar-refractivity contribution in [1.82, 2.24) is 4.31 Å². The maximum Gasteiger partial charge on any atom is 0.348 e. The second-order valence-corrected chi connectivity index (χ2v) is 9.16. The quantitative estimate of drug-likeness (QED) is 0.802. The number of hydrogen-bond donors (Lipinski definition) is 1. The topological polar surface area (TPSA) is 89.7 Å². The molecule has 1 aliphatic heterocycles. The lowest BCUT2D eigenvalue weighted by Gasteiger charge is -2.31. The third-order valence-corrected chi connectivity index (χ3v) is 7.37.